The Morgan fingerprint density at radius 2 is 2.29 bits per heavy atom. The van der Waals surface area contributed by atoms with Crippen LogP contribution in [0, 0.1) is 5.82 Å². The van der Waals surface area contributed by atoms with E-state index in [1.807, 2.05) is 6.92 Å². The summed E-state index contributed by atoms with van der Waals surface area (Å²) in [4.78, 5) is 0. The molecule has 0 saturated heterocycles. The van der Waals surface area contributed by atoms with Gasteiger partial charge in [0.05, 0.1) is 5.02 Å². The largest absolute Gasteiger partial charge is 0.309 e. The highest BCUT2D eigenvalue weighted by Gasteiger charge is 2.04. The molecule has 1 N–H and O–H groups in total. The Hall–Kier alpha value is -0.860. The van der Waals surface area contributed by atoms with Crippen molar-refractivity contribution in [2.75, 3.05) is 6.54 Å². The molecule has 0 atom stereocenters. The van der Waals surface area contributed by atoms with Crippen LogP contribution < -0.4 is 5.32 Å². The maximum Gasteiger partial charge on any atom is 0.142 e. The van der Waals surface area contributed by atoms with Crippen molar-refractivity contribution < 1.29 is 4.39 Å². The average Bonchev–Trinajstić information content (AvgIpc) is 2.12. The topological polar surface area (TPSA) is 12.0 Å². The molecule has 0 aliphatic rings. The van der Waals surface area contributed by atoms with Crippen molar-refractivity contribution >= 4 is 11.6 Å². The zero-order valence-corrected chi connectivity index (χ0v) is 8.87. The Balaban J connectivity index is 2.59. The second-order valence-corrected chi connectivity index (χ2v) is 3.65. The van der Waals surface area contributed by atoms with Crippen LogP contribution in [0.4, 0.5) is 4.39 Å². The zero-order valence-electron chi connectivity index (χ0n) is 8.11. The normalized spacial score (nSPS) is 10.2. The van der Waals surface area contributed by atoms with Crippen LogP contribution in [0.5, 0.6) is 0 Å². The lowest BCUT2D eigenvalue weighted by Gasteiger charge is -2.06. The maximum atomic E-state index is 13.0. The third-order valence-corrected chi connectivity index (χ3v) is 2.20. The van der Waals surface area contributed by atoms with Crippen molar-refractivity contribution in [3.05, 3.63) is 46.8 Å². The van der Waals surface area contributed by atoms with Gasteiger partial charge in [0.1, 0.15) is 5.82 Å². The molecule has 0 aliphatic heterocycles. The van der Waals surface area contributed by atoms with E-state index in [2.05, 4.69) is 11.9 Å². The number of benzene rings is 1. The summed E-state index contributed by atoms with van der Waals surface area (Å²) in [6.07, 6.45) is 0. The number of nitrogens with one attached hydrogen (secondary N) is 1. The van der Waals surface area contributed by atoms with E-state index in [0.717, 1.165) is 11.1 Å². The van der Waals surface area contributed by atoms with Crippen LogP contribution in [0.2, 0.25) is 5.02 Å². The molecule has 0 fully saturated rings. The molecule has 0 aliphatic carbocycles. The molecule has 0 amide bonds. The number of hydrogen-bond acceptors (Lipinski definition) is 1. The molecule has 1 nitrogen and oxygen atoms in total. The fraction of sp³-hybridized carbons (Fsp3) is 0.273. The van der Waals surface area contributed by atoms with Gasteiger partial charge >= 0.3 is 0 Å². The van der Waals surface area contributed by atoms with Gasteiger partial charge in [-0.3, -0.25) is 0 Å². The van der Waals surface area contributed by atoms with Crippen LogP contribution in [0.25, 0.3) is 0 Å². The Morgan fingerprint density at radius 3 is 2.93 bits per heavy atom. The van der Waals surface area contributed by atoms with Crippen LogP contribution in [-0.2, 0) is 6.54 Å². The van der Waals surface area contributed by atoms with Gasteiger partial charge in [0, 0.05) is 13.1 Å². The molecule has 3 heteroatoms. The Bertz CT molecular complexity index is 336. The highest BCUT2D eigenvalue weighted by molar-refractivity contribution is 6.31. The van der Waals surface area contributed by atoms with Gasteiger partial charge in [0.2, 0.25) is 0 Å². The van der Waals surface area contributed by atoms with Gasteiger partial charge in [0.15, 0.2) is 0 Å². The fourth-order valence-electron chi connectivity index (χ4n) is 1.10. The smallest absolute Gasteiger partial charge is 0.142 e. The van der Waals surface area contributed by atoms with Crippen LogP contribution in [-0.4, -0.2) is 6.54 Å². The first kappa shape index (κ1) is 11.2. The van der Waals surface area contributed by atoms with Crippen LogP contribution in [0.3, 0.4) is 0 Å². The van der Waals surface area contributed by atoms with E-state index in [-0.39, 0.29) is 10.8 Å². The van der Waals surface area contributed by atoms with Gasteiger partial charge in [-0.25, -0.2) is 4.39 Å². The van der Waals surface area contributed by atoms with E-state index < -0.39 is 0 Å². The first-order valence-corrected chi connectivity index (χ1v) is 4.77. The standard InChI is InChI=1S/C11H13ClFN/c1-8(2)6-14-7-9-4-3-5-10(13)11(9)12/h3-5,14H,1,6-7H2,2H3. The minimum Gasteiger partial charge on any atom is -0.309 e. The maximum absolute atomic E-state index is 13.0. The number of hydrogen-bond donors (Lipinski definition) is 1. The highest BCUT2D eigenvalue weighted by atomic mass is 35.5. The van der Waals surface area contributed by atoms with Gasteiger partial charge in [-0.2, -0.15) is 0 Å². The van der Waals surface area contributed by atoms with E-state index in [0.29, 0.717) is 13.1 Å². The molecule has 1 rings (SSSR count). The number of rotatable bonds is 4. The van der Waals surface area contributed by atoms with E-state index in [1.54, 1.807) is 12.1 Å². The molecule has 14 heavy (non-hydrogen) atoms. The van der Waals surface area contributed by atoms with Gasteiger partial charge in [-0.15, -0.1) is 0 Å². The molecule has 0 aromatic heterocycles. The van der Waals surface area contributed by atoms with E-state index >= 15 is 0 Å². The lowest BCUT2D eigenvalue weighted by atomic mass is 10.2. The van der Waals surface area contributed by atoms with E-state index in [1.165, 1.54) is 6.07 Å². The van der Waals surface area contributed by atoms with Crippen LogP contribution >= 0.6 is 11.6 Å². The van der Waals surface area contributed by atoms with Gasteiger partial charge in [0.25, 0.3) is 0 Å². The molecule has 1 aromatic rings. The summed E-state index contributed by atoms with van der Waals surface area (Å²) in [5.41, 5.74) is 1.81. The molecule has 76 valence electrons. The summed E-state index contributed by atoms with van der Waals surface area (Å²) in [5.74, 6) is -0.374. The van der Waals surface area contributed by atoms with Gasteiger partial charge < -0.3 is 5.32 Å². The predicted octanol–water partition coefficient (Wildman–Crippen LogP) is 3.14. The van der Waals surface area contributed by atoms with Crippen molar-refractivity contribution in [3.8, 4) is 0 Å². The van der Waals surface area contributed by atoms with E-state index in [9.17, 15) is 4.39 Å². The zero-order chi connectivity index (χ0) is 10.6. The Morgan fingerprint density at radius 1 is 1.57 bits per heavy atom. The second kappa shape index (κ2) is 5.13. The Kier molecular flexibility index (Phi) is 4.11. The molecular formula is C11H13ClFN. The second-order valence-electron chi connectivity index (χ2n) is 3.27. The first-order chi connectivity index (χ1) is 6.61. The molecule has 0 unspecified atom stereocenters. The SMILES string of the molecule is C=C(C)CNCc1cccc(F)c1Cl. The molecule has 0 spiro atoms. The van der Waals surface area contributed by atoms with Gasteiger partial charge in [-0.05, 0) is 18.6 Å². The molecular weight excluding hydrogens is 201 g/mol. The molecule has 0 heterocycles. The molecule has 0 radical (unpaired) electrons. The summed E-state index contributed by atoms with van der Waals surface area (Å²) in [6.45, 7) is 6.96. The summed E-state index contributed by atoms with van der Waals surface area (Å²) in [5, 5.41) is 3.31. The average molecular weight is 214 g/mol. The minimum absolute atomic E-state index is 0.196. The molecule has 0 bridgehead atoms. The lowest BCUT2D eigenvalue weighted by Crippen LogP contribution is -2.15. The summed E-state index contributed by atoms with van der Waals surface area (Å²) >= 11 is 5.77. The van der Waals surface area contributed by atoms with Crippen molar-refractivity contribution in [1.29, 1.82) is 0 Å². The fourth-order valence-corrected chi connectivity index (χ4v) is 1.29. The van der Waals surface area contributed by atoms with Gasteiger partial charge in [-0.1, -0.05) is 35.9 Å². The van der Waals surface area contributed by atoms with Crippen LogP contribution in [0.1, 0.15) is 12.5 Å². The predicted molar refractivity (Wildman–Crippen MR) is 57.9 cm³/mol. The third kappa shape index (κ3) is 3.13. The van der Waals surface area contributed by atoms with Crippen LogP contribution in [0.15, 0.2) is 30.4 Å². The monoisotopic (exact) mass is 213 g/mol. The van der Waals surface area contributed by atoms with Crippen molar-refractivity contribution in [1.82, 2.24) is 5.32 Å². The third-order valence-electron chi connectivity index (χ3n) is 1.77. The number of halogens is 2. The van der Waals surface area contributed by atoms with E-state index in [4.69, 9.17) is 11.6 Å². The first-order valence-electron chi connectivity index (χ1n) is 4.39. The highest BCUT2D eigenvalue weighted by Crippen LogP contribution is 2.19. The lowest BCUT2D eigenvalue weighted by molar-refractivity contribution is 0.623. The van der Waals surface area contributed by atoms with Crippen molar-refractivity contribution in [2.45, 2.75) is 13.5 Å². The Labute approximate surface area is 88.6 Å². The summed E-state index contributed by atoms with van der Waals surface area (Å²) in [6, 6.07) is 4.81. The molecule has 0 saturated carbocycles. The summed E-state index contributed by atoms with van der Waals surface area (Å²) in [7, 11) is 0. The minimum atomic E-state index is -0.374. The van der Waals surface area contributed by atoms with Crippen molar-refractivity contribution in [2.24, 2.45) is 0 Å². The summed E-state index contributed by atoms with van der Waals surface area (Å²) < 4.78 is 13.0. The van der Waals surface area contributed by atoms with Crippen molar-refractivity contribution in [3.63, 3.8) is 0 Å². The quantitative estimate of drug-likeness (QED) is 0.758. The molecule has 1 aromatic carbocycles.